The lowest BCUT2D eigenvalue weighted by Crippen LogP contribution is -2.59. The zero-order valence-electron chi connectivity index (χ0n) is 22.8. The van der Waals surface area contributed by atoms with E-state index in [-0.39, 0.29) is 5.02 Å². The fourth-order valence-corrected chi connectivity index (χ4v) is 5.51. The van der Waals surface area contributed by atoms with Gasteiger partial charge in [-0.15, -0.1) is 0 Å². The van der Waals surface area contributed by atoms with E-state index in [9.17, 15) is 9.65 Å². The number of ether oxygens (including phenoxy) is 3. The van der Waals surface area contributed by atoms with Crippen LogP contribution in [0, 0.1) is 22.6 Å². The Morgan fingerprint density at radius 1 is 1.18 bits per heavy atom. The summed E-state index contributed by atoms with van der Waals surface area (Å²) in [6, 6.07) is 10.0. The van der Waals surface area contributed by atoms with Gasteiger partial charge >= 0.3 is 0 Å². The predicted molar refractivity (Wildman–Crippen MR) is 154 cm³/mol. The van der Waals surface area contributed by atoms with Crippen molar-refractivity contribution in [2.75, 3.05) is 65.4 Å². The summed E-state index contributed by atoms with van der Waals surface area (Å²) in [6.07, 6.45) is 7.73. The van der Waals surface area contributed by atoms with Crippen LogP contribution in [0.25, 0.3) is 10.9 Å². The third-order valence-electron chi connectivity index (χ3n) is 7.61. The van der Waals surface area contributed by atoms with Gasteiger partial charge in [-0.05, 0) is 68.7 Å². The Morgan fingerprint density at radius 3 is 2.70 bits per heavy atom. The quantitative estimate of drug-likeness (QED) is 0.252. The third kappa shape index (κ3) is 6.31. The van der Waals surface area contributed by atoms with Crippen LogP contribution in [0.2, 0.25) is 5.02 Å². The number of pyridine rings is 1. The summed E-state index contributed by atoms with van der Waals surface area (Å²) in [5.41, 5.74) is 2.45. The zero-order chi connectivity index (χ0) is 28.1. The Balaban J connectivity index is 1.34. The van der Waals surface area contributed by atoms with Crippen LogP contribution in [0.1, 0.15) is 18.4 Å². The number of nitrogens with zero attached hydrogens (tertiary/aromatic N) is 4. The molecular weight excluding hydrogens is 533 g/mol. The molecule has 0 saturated carbocycles. The van der Waals surface area contributed by atoms with Gasteiger partial charge in [0, 0.05) is 50.1 Å². The molecule has 0 radical (unpaired) electrons. The topological polar surface area (TPSA) is 82.9 Å². The lowest BCUT2D eigenvalue weighted by Gasteiger charge is -2.53. The van der Waals surface area contributed by atoms with Crippen molar-refractivity contribution in [1.29, 1.82) is 5.26 Å². The molecule has 2 aromatic carbocycles. The van der Waals surface area contributed by atoms with Gasteiger partial charge in [-0.1, -0.05) is 11.6 Å². The molecule has 2 aliphatic rings. The van der Waals surface area contributed by atoms with E-state index >= 15 is 0 Å². The highest BCUT2D eigenvalue weighted by atomic mass is 35.5. The van der Waals surface area contributed by atoms with E-state index in [4.69, 9.17) is 25.8 Å². The molecule has 40 heavy (non-hydrogen) atoms. The smallest absolute Gasteiger partial charge is 0.170 e. The first kappa shape index (κ1) is 28.1. The van der Waals surface area contributed by atoms with E-state index in [0.717, 1.165) is 19.6 Å². The minimum atomic E-state index is -0.522. The van der Waals surface area contributed by atoms with Crippen molar-refractivity contribution in [1.82, 2.24) is 14.8 Å². The van der Waals surface area contributed by atoms with Gasteiger partial charge in [0.05, 0.1) is 34.7 Å². The minimum absolute atomic E-state index is 0.0207. The number of aromatic nitrogens is 1. The second kappa shape index (κ2) is 12.4. The Morgan fingerprint density at radius 2 is 1.98 bits per heavy atom. The van der Waals surface area contributed by atoms with Gasteiger partial charge < -0.3 is 24.4 Å². The third-order valence-corrected chi connectivity index (χ3v) is 7.90. The summed E-state index contributed by atoms with van der Waals surface area (Å²) in [4.78, 5) is 9.32. The number of benzene rings is 2. The highest BCUT2D eigenvalue weighted by Gasteiger charge is 2.43. The van der Waals surface area contributed by atoms with Crippen molar-refractivity contribution < 1.29 is 18.6 Å². The summed E-state index contributed by atoms with van der Waals surface area (Å²) in [5, 5.41) is 13.6. The summed E-state index contributed by atoms with van der Waals surface area (Å²) in [5.74, 6) is 0.468. The molecule has 0 aliphatic carbocycles. The Hall–Kier alpha value is -3.42. The first-order chi connectivity index (χ1) is 19.4. The molecule has 3 aromatic rings. The number of anilines is 2. The molecule has 5 rings (SSSR count). The maximum absolute atomic E-state index is 13.7. The second-order valence-corrected chi connectivity index (χ2v) is 10.9. The Labute approximate surface area is 238 Å². The van der Waals surface area contributed by atoms with Crippen molar-refractivity contribution >= 4 is 33.9 Å². The number of hydrogen-bond donors (Lipinski definition) is 1. The van der Waals surface area contributed by atoms with Crippen LogP contribution in [0.3, 0.4) is 0 Å². The minimum Gasteiger partial charge on any atom is -0.487 e. The van der Waals surface area contributed by atoms with Crippen molar-refractivity contribution in [3.8, 4) is 17.6 Å². The molecule has 210 valence electrons. The number of piperidine rings is 1. The van der Waals surface area contributed by atoms with Gasteiger partial charge in [0.2, 0.25) is 0 Å². The fourth-order valence-electron chi connectivity index (χ4n) is 5.33. The van der Waals surface area contributed by atoms with E-state index < -0.39 is 5.82 Å². The number of nitrogens with one attached hydrogen (secondary N) is 1. The Bertz CT molecular complexity index is 1430. The van der Waals surface area contributed by atoms with Crippen molar-refractivity contribution in [3.63, 3.8) is 0 Å². The number of rotatable bonds is 10. The van der Waals surface area contributed by atoms with Crippen molar-refractivity contribution in [3.05, 3.63) is 65.3 Å². The number of nitriles is 1. The fraction of sp³-hybridized carbons (Fsp3) is 0.400. The predicted octanol–water partition coefficient (Wildman–Crippen LogP) is 5.59. The molecule has 2 fully saturated rings. The largest absolute Gasteiger partial charge is 0.487 e. The van der Waals surface area contributed by atoms with E-state index in [1.807, 2.05) is 6.08 Å². The zero-order valence-corrected chi connectivity index (χ0v) is 23.5. The molecule has 0 unspecified atom stereocenters. The van der Waals surface area contributed by atoms with E-state index in [2.05, 4.69) is 33.2 Å². The van der Waals surface area contributed by atoms with Crippen LogP contribution >= 0.6 is 11.6 Å². The molecule has 1 spiro atoms. The van der Waals surface area contributed by atoms with E-state index in [1.165, 1.54) is 44.3 Å². The number of methoxy groups -OCH3 is 1. The average Bonchev–Trinajstić information content (AvgIpc) is 2.93. The molecule has 1 N–H and O–H groups in total. The van der Waals surface area contributed by atoms with E-state index in [0.29, 0.717) is 58.0 Å². The average molecular weight is 566 g/mol. The second-order valence-electron chi connectivity index (χ2n) is 10.5. The number of likely N-dealkylation sites (tertiary alicyclic amines) is 2. The SMILES string of the molecule is COCCOc1cc2c(Nc3ccc(F)c(Cl)c3)c(C#N)cnc2cc1O/C=C/CN1CC2(CCN(C)CC2)C1. The van der Waals surface area contributed by atoms with Crippen molar-refractivity contribution in [2.24, 2.45) is 5.41 Å². The molecule has 2 saturated heterocycles. The lowest BCUT2D eigenvalue weighted by molar-refractivity contribution is -0.0355. The normalized spacial score (nSPS) is 17.2. The standard InChI is InChI=1S/C30H33ClFN5O3/c1-36-9-6-30(7-10-36)19-37(20-30)8-3-11-39-28-16-26-23(15-27(28)40-13-12-38-2)29(21(17-33)18-34-26)35-22-4-5-25(32)24(31)14-22/h3-5,11,14-16,18H,6-10,12-13,19-20H2,1-2H3,(H,34,35)/b11-3+. The summed E-state index contributed by atoms with van der Waals surface area (Å²) < 4.78 is 30.9. The first-order valence-electron chi connectivity index (χ1n) is 13.3. The van der Waals surface area contributed by atoms with Gasteiger partial charge in [-0.3, -0.25) is 9.88 Å². The van der Waals surface area contributed by atoms with Crippen LogP contribution in [0.4, 0.5) is 15.8 Å². The molecule has 10 heteroatoms. The van der Waals surface area contributed by atoms with Crippen LogP contribution in [0.5, 0.6) is 11.5 Å². The molecule has 0 amide bonds. The van der Waals surface area contributed by atoms with Crippen LogP contribution in [0.15, 0.2) is 48.9 Å². The summed E-state index contributed by atoms with van der Waals surface area (Å²) in [7, 11) is 3.80. The monoisotopic (exact) mass is 565 g/mol. The molecule has 1 aromatic heterocycles. The van der Waals surface area contributed by atoms with Gasteiger partial charge in [0.25, 0.3) is 0 Å². The van der Waals surface area contributed by atoms with Gasteiger partial charge in [-0.25, -0.2) is 4.39 Å². The number of hydrogen-bond acceptors (Lipinski definition) is 8. The van der Waals surface area contributed by atoms with Crippen LogP contribution in [-0.2, 0) is 4.74 Å². The van der Waals surface area contributed by atoms with Crippen LogP contribution < -0.4 is 14.8 Å². The lowest BCUT2D eigenvalue weighted by atomic mass is 9.72. The Kier molecular flexibility index (Phi) is 8.72. The molecule has 3 heterocycles. The number of halogens is 2. The summed E-state index contributed by atoms with van der Waals surface area (Å²) in [6.45, 7) is 6.16. The molecular formula is C30H33ClFN5O3. The molecule has 0 bridgehead atoms. The highest BCUT2D eigenvalue weighted by Crippen LogP contribution is 2.40. The van der Waals surface area contributed by atoms with Crippen LogP contribution in [-0.4, -0.2) is 74.9 Å². The van der Waals surface area contributed by atoms with Gasteiger partial charge in [0.15, 0.2) is 11.5 Å². The first-order valence-corrected chi connectivity index (χ1v) is 13.7. The molecule has 0 atom stereocenters. The summed E-state index contributed by atoms with van der Waals surface area (Å²) >= 11 is 5.97. The maximum Gasteiger partial charge on any atom is 0.170 e. The maximum atomic E-state index is 13.7. The molecule has 8 nitrogen and oxygen atoms in total. The van der Waals surface area contributed by atoms with Gasteiger partial charge in [0.1, 0.15) is 18.5 Å². The number of fused-ring (bicyclic) bond motifs is 1. The molecule has 2 aliphatic heterocycles. The van der Waals surface area contributed by atoms with Gasteiger partial charge in [-0.2, -0.15) is 5.26 Å². The van der Waals surface area contributed by atoms with Crippen molar-refractivity contribution in [2.45, 2.75) is 12.8 Å². The van der Waals surface area contributed by atoms with E-state index in [1.54, 1.807) is 31.6 Å². The highest BCUT2D eigenvalue weighted by molar-refractivity contribution is 6.31.